The van der Waals surface area contributed by atoms with E-state index in [9.17, 15) is 8.42 Å². The molecule has 0 atom stereocenters. The molecule has 0 unspecified atom stereocenters. The number of guanidine groups is 1. The van der Waals surface area contributed by atoms with Crippen molar-refractivity contribution < 1.29 is 8.42 Å². The first-order valence-electron chi connectivity index (χ1n) is 8.70. The fourth-order valence-corrected chi connectivity index (χ4v) is 3.98. The summed E-state index contributed by atoms with van der Waals surface area (Å²) < 4.78 is 26.1. The number of aryl methyl sites for hydroxylation is 1. The minimum absolute atomic E-state index is 0. The number of sulfonamides is 1. The van der Waals surface area contributed by atoms with Gasteiger partial charge in [-0.05, 0) is 67.6 Å². The third kappa shape index (κ3) is 5.43. The van der Waals surface area contributed by atoms with Crippen LogP contribution < -0.4 is 15.8 Å². The summed E-state index contributed by atoms with van der Waals surface area (Å²) in [4.78, 5) is 4.57. The first kappa shape index (κ1) is 21.6. The van der Waals surface area contributed by atoms with Crippen LogP contribution in [0.5, 0.6) is 0 Å². The van der Waals surface area contributed by atoms with Gasteiger partial charge in [0.05, 0.1) is 11.4 Å². The lowest BCUT2D eigenvalue weighted by atomic mass is 9.90. The van der Waals surface area contributed by atoms with Crippen molar-refractivity contribution in [3.8, 4) is 0 Å². The zero-order valence-corrected chi connectivity index (χ0v) is 18.4. The molecule has 0 spiro atoms. The Morgan fingerprint density at radius 1 is 1.15 bits per heavy atom. The number of nitrogens with zero attached hydrogens (tertiary/aromatic N) is 1. The normalized spacial score (nSPS) is 14.2. The second-order valence-corrected chi connectivity index (χ2v) is 8.22. The zero-order chi connectivity index (χ0) is 18.6. The molecule has 0 fully saturated rings. The number of rotatable bonds is 5. The van der Waals surface area contributed by atoms with Crippen LogP contribution in [-0.4, -0.2) is 21.4 Å². The van der Waals surface area contributed by atoms with E-state index in [1.807, 2.05) is 18.2 Å². The summed E-state index contributed by atoms with van der Waals surface area (Å²) in [5, 5.41) is 3.19. The van der Waals surface area contributed by atoms with Gasteiger partial charge in [-0.25, -0.2) is 18.1 Å². The highest BCUT2D eigenvalue weighted by Gasteiger charge is 2.13. The van der Waals surface area contributed by atoms with Crippen molar-refractivity contribution in [2.75, 3.05) is 12.4 Å². The molecule has 0 radical (unpaired) electrons. The van der Waals surface area contributed by atoms with Crippen LogP contribution in [0.3, 0.4) is 0 Å². The number of hydrogen-bond acceptors (Lipinski definition) is 3. The SMILES string of the molecule is CNS(=O)(=O)c1cccc(CN=C(N)Nc2cccc3c2CCCC3)c1.I. The fraction of sp³-hybridized carbons (Fsp3) is 0.316. The molecule has 0 amide bonds. The molecule has 8 heteroatoms. The number of halogens is 1. The van der Waals surface area contributed by atoms with E-state index >= 15 is 0 Å². The largest absolute Gasteiger partial charge is 0.370 e. The van der Waals surface area contributed by atoms with Crippen LogP contribution in [0.2, 0.25) is 0 Å². The lowest BCUT2D eigenvalue weighted by molar-refractivity contribution is 0.588. The Hall–Kier alpha value is -1.65. The van der Waals surface area contributed by atoms with Crippen LogP contribution in [0.15, 0.2) is 52.4 Å². The van der Waals surface area contributed by atoms with Crippen LogP contribution in [0.4, 0.5) is 5.69 Å². The van der Waals surface area contributed by atoms with E-state index in [1.165, 1.54) is 31.0 Å². The summed E-state index contributed by atoms with van der Waals surface area (Å²) in [5.41, 5.74) is 10.5. The summed E-state index contributed by atoms with van der Waals surface area (Å²) in [6, 6.07) is 12.9. The summed E-state index contributed by atoms with van der Waals surface area (Å²) in [6.45, 7) is 0.306. The monoisotopic (exact) mass is 500 g/mol. The van der Waals surface area contributed by atoms with Gasteiger partial charge in [0.15, 0.2) is 5.96 Å². The van der Waals surface area contributed by atoms with Crippen LogP contribution in [0.25, 0.3) is 0 Å². The first-order chi connectivity index (χ1) is 12.5. The summed E-state index contributed by atoms with van der Waals surface area (Å²) >= 11 is 0. The van der Waals surface area contributed by atoms with E-state index in [0.717, 1.165) is 24.1 Å². The van der Waals surface area contributed by atoms with Gasteiger partial charge in [0, 0.05) is 5.69 Å². The van der Waals surface area contributed by atoms with Gasteiger partial charge < -0.3 is 11.1 Å². The number of nitrogens with two attached hydrogens (primary N) is 1. The number of nitrogens with one attached hydrogen (secondary N) is 2. The standard InChI is InChI=1S/C19H24N4O2S.HI/c1-21-26(24,25)16-9-4-6-14(12-16)13-22-19(20)23-18-11-5-8-15-7-2-3-10-17(15)18;/h4-6,8-9,11-12,21H,2-3,7,10,13H2,1H3,(H3,20,22,23);1H. The van der Waals surface area contributed by atoms with E-state index < -0.39 is 10.0 Å². The Morgan fingerprint density at radius 3 is 2.67 bits per heavy atom. The molecule has 2 aromatic rings. The Kier molecular flexibility index (Phi) is 7.63. The molecule has 0 aromatic heterocycles. The van der Waals surface area contributed by atoms with Gasteiger partial charge in [0.2, 0.25) is 10.0 Å². The lowest BCUT2D eigenvalue weighted by Gasteiger charge is -2.19. The highest BCUT2D eigenvalue weighted by molar-refractivity contribution is 14.0. The van der Waals surface area contributed by atoms with Crippen molar-refractivity contribution in [2.24, 2.45) is 10.7 Å². The Morgan fingerprint density at radius 2 is 1.89 bits per heavy atom. The maximum atomic E-state index is 11.9. The van der Waals surface area contributed by atoms with Gasteiger partial charge in [0.1, 0.15) is 0 Å². The van der Waals surface area contributed by atoms with E-state index in [-0.39, 0.29) is 28.9 Å². The van der Waals surface area contributed by atoms with Gasteiger partial charge in [-0.1, -0.05) is 24.3 Å². The van der Waals surface area contributed by atoms with Crippen LogP contribution in [0.1, 0.15) is 29.5 Å². The van der Waals surface area contributed by atoms with E-state index in [4.69, 9.17) is 5.73 Å². The minimum atomic E-state index is -3.46. The molecule has 0 saturated carbocycles. The summed E-state index contributed by atoms with van der Waals surface area (Å²) in [6.07, 6.45) is 4.58. The third-order valence-electron chi connectivity index (χ3n) is 4.57. The molecule has 4 N–H and O–H groups in total. The molecule has 0 bridgehead atoms. The summed E-state index contributed by atoms with van der Waals surface area (Å²) in [7, 11) is -2.07. The predicted octanol–water partition coefficient (Wildman–Crippen LogP) is 3.02. The van der Waals surface area contributed by atoms with Gasteiger partial charge in [-0.15, -0.1) is 24.0 Å². The van der Waals surface area contributed by atoms with Crippen molar-refractivity contribution in [3.63, 3.8) is 0 Å². The molecule has 3 rings (SSSR count). The maximum Gasteiger partial charge on any atom is 0.240 e. The maximum absolute atomic E-state index is 11.9. The molecule has 0 aliphatic heterocycles. The fourth-order valence-electron chi connectivity index (χ4n) is 3.18. The highest BCUT2D eigenvalue weighted by Crippen LogP contribution is 2.27. The number of benzene rings is 2. The predicted molar refractivity (Wildman–Crippen MR) is 120 cm³/mol. The van der Waals surface area contributed by atoms with Gasteiger partial charge in [-0.3, -0.25) is 0 Å². The zero-order valence-electron chi connectivity index (χ0n) is 15.2. The van der Waals surface area contributed by atoms with Gasteiger partial charge in [0.25, 0.3) is 0 Å². The van der Waals surface area contributed by atoms with Crippen molar-refractivity contribution in [1.29, 1.82) is 0 Å². The number of aliphatic imine (C=N–C) groups is 1. The quantitative estimate of drug-likeness (QED) is 0.334. The molecular weight excluding hydrogens is 475 g/mol. The van der Waals surface area contributed by atoms with Crippen LogP contribution in [-0.2, 0) is 29.4 Å². The molecule has 2 aromatic carbocycles. The minimum Gasteiger partial charge on any atom is -0.370 e. The molecular formula is C19H25IN4O2S. The topological polar surface area (TPSA) is 96.6 Å². The van der Waals surface area contributed by atoms with Crippen molar-refractivity contribution in [1.82, 2.24) is 4.72 Å². The molecule has 6 nitrogen and oxygen atoms in total. The van der Waals surface area contributed by atoms with Crippen LogP contribution >= 0.6 is 24.0 Å². The van der Waals surface area contributed by atoms with Crippen molar-refractivity contribution in [3.05, 3.63) is 59.2 Å². The second-order valence-electron chi connectivity index (χ2n) is 6.33. The molecule has 27 heavy (non-hydrogen) atoms. The average Bonchev–Trinajstić information content (AvgIpc) is 2.67. The number of hydrogen-bond donors (Lipinski definition) is 3. The average molecular weight is 500 g/mol. The number of anilines is 1. The second kappa shape index (κ2) is 9.52. The van der Waals surface area contributed by atoms with E-state index in [1.54, 1.807) is 18.2 Å². The Labute approximate surface area is 177 Å². The number of fused-ring (bicyclic) bond motifs is 1. The third-order valence-corrected chi connectivity index (χ3v) is 5.98. The van der Waals surface area contributed by atoms with Crippen molar-refractivity contribution in [2.45, 2.75) is 37.1 Å². The molecule has 0 saturated heterocycles. The Bertz CT molecular complexity index is 929. The van der Waals surface area contributed by atoms with Crippen molar-refractivity contribution >= 4 is 45.6 Å². The molecule has 0 heterocycles. The van der Waals surface area contributed by atoms with Gasteiger partial charge >= 0.3 is 0 Å². The van der Waals surface area contributed by atoms with Crippen LogP contribution in [0, 0.1) is 0 Å². The van der Waals surface area contributed by atoms with E-state index in [0.29, 0.717) is 12.5 Å². The molecule has 146 valence electrons. The summed E-state index contributed by atoms with van der Waals surface area (Å²) in [5.74, 6) is 0.325. The Balaban J connectivity index is 0.00000261. The first-order valence-corrected chi connectivity index (χ1v) is 10.2. The highest BCUT2D eigenvalue weighted by atomic mass is 127. The lowest BCUT2D eigenvalue weighted by Crippen LogP contribution is -2.24. The van der Waals surface area contributed by atoms with Gasteiger partial charge in [-0.2, -0.15) is 0 Å². The molecule has 1 aliphatic carbocycles. The smallest absolute Gasteiger partial charge is 0.240 e. The molecule has 1 aliphatic rings. The van der Waals surface area contributed by atoms with E-state index in [2.05, 4.69) is 21.1 Å².